The van der Waals surface area contributed by atoms with Crippen LogP contribution in [0.15, 0.2) is 72.8 Å². The summed E-state index contributed by atoms with van der Waals surface area (Å²) in [6.45, 7) is 8.68. The maximum absolute atomic E-state index is 6.11. The van der Waals surface area contributed by atoms with E-state index in [9.17, 15) is 0 Å². The van der Waals surface area contributed by atoms with Gasteiger partial charge in [-0.3, -0.25) is 0 Å². The van der Waals surface area contributed by atoms with Gasteiger partial charge in [0.15, 0.2) is 0 Å². The average Bonchev–Trinajstić information content (AvgIpc) is 2.67. The van der Waals surface area contributed by atoms with Gasteiger partial charge in [0.1, 0.15) is 0 Å². The van der Waals surface area contributed by atoms with Crippen molar-refractivity contribution < 1.29 is 4.65 Å². The van der Waals surface area contributed by atoms with Crippen molar-refractivity contribution in [2.45, 2.75) is 33.3 Å². The lowest BCUT2D eigenvalue weighted by Crippen LogP contribution is -2.36. The second-order valence-corrected chi connectivity index (χ2v) is 8.23. The highest BCUT2D eigenvalue weighted by Crippen LogP contribution is 2.32. The highest BCUT2D eigenvalue weighted by atomic mass is 35.5. The number of hydrogen-bond acceptors (Lipinski definition) is 1. The Bertz CT molecular complexity index is 883. The fourth-order valence-corrected chi connectivity index (χ4v) is 2.96. The Kier molecular flexibility index (Phi) is 6.09. The smallest absolute Gasteiger partial charge is 0.309 e. The molecule has 0 N–H and O–H groups in total. The Labute approximate surface area is 168 Å². The molecule has 0 unspecified atom stereocenters. The van der Waals surface area contributed by atoms with Crippen molar-refractivity contribution in [1.82, 2.24) is 0 Å². The van der Waals surface area contributed by atoms with Crippen molar-refractivity contribution in [2.24, 2.45) is 5.92 Å². The monoisotopic (exact) mass is 376 g/mol. The fraction of sp³-hybridized carbons (Fsp3) is 0.250. The van der Waals surface area contributed by atoms with Crippen LogP contribution in [0.25, 0.3) is 22.3 Å². The topological polar surface area (TPSA) is 9.23 Å². The van der Waals surface area contributed by atoms with Crippen LogP contribution in [0.5, 0.6) is 0 Å². The SMILES string of the molecule is CC(C)C(C)(C)OBc1ccc(-c2ccccc2-c2ccc(Cl)cc2)cc1. The molecule has 0 amide bonds. The number of halogens is 1. The van der Waals surface area contributed by atoms with E-state index in [1.807, 2.05) is 12.1 Å². The molecule has 0 fully saturated rings. The third kappa shape index (κ3) is 4.83. The standard InChI is InChI=1S/C24H26BClO/c1-17(2)24(3,4)27-25-20-13-9-18(10-14-20)22-7-5-6-8-23(22)19-11-15-21(26)16-12-19/h5-17,25H,1-4H3. The maximum atomic E-state index is 6.11. The molecule has 0 spiro atoms. The van der Waals surface area contributed by atoms with Gasteiger partial charge in [-0.05, 0) is 54.2 Å². The first-order valence-corrected chi connectivity index (χ1v) is 9.83. The van der Waals surface area contributed by atoms with Crippen LogP contribution in [0, 0.1) is 5.92 Å². The molecular weight excluding hydrogens is 351 g/mol. The van der Waals surface area contributed by atoms with Crippen LogP contribution in [0.1, 0.15) is 27.7 Å². The molecule has 0 bridgehead atoms. The quantitative estimate of drug-likeness (QED) is 0.472. The summed E-state index contributed by atoms with van der Waals surface area (Å²) in [6.07, 6.45) is 0. The van der Waals surface area contributed by atoms with Gasteiger partial charge < -0.3 is 4.65 Å². The van der Waals surface area contributed by atoms with Gasteiger partial charge in [-0.15, -0.1) is 0 Å². The molecule has 1 nitrogen and oxygen atoms in total. The first-order chi connectivity index (χ1) is 12.9. The minimum atomic E-state index is -0.125. The van der Waals surface area contributed by atoms with Gasteiger partial charge in [0, 0.05) is 10.6 Å². The minimum Gasteiger partial charge on any atom is -0.429 e. The predicted molar refractivity (Wildman–Crippen MR) is 119 cm³/mol. The van der Waals surface area contributed by atoms with E-state index in [1.165, 1.54) is 27.7 Å². The van der Waals surface area contributed by atoms with Crippen LogP contribution in [0.3, 0.4) is 0 Å². The molecule has 27 heavy (non-hydrogen) atoms. The number of benzene rings is 3. The van der Waals surface area contributed by atoms with E-state index in [4.69, 9.17) is 16.3 Å². The van der Waals surface area contributed by atoms with Crippen molar-refractivity contribution >= 4 is 24.5 Å². The molecule has 0 aromatic heterocycles. The Balaban J connectivity index is 1.83. The lowest BCUT2D eigenvalue weighted by Gasteiger charge is -2.30. The molecule has 0 aliphatic rings. The highest BCUT2D eigenvalue weighted by molar-refractivity contribution is 6.47. The average molecular weight is 377 g/mol. The van der Waals surface area contributed by atoms with E-state index < -0.39 is 0 Å². The molecule has 0 saturated carbocycles. The second kappa shape index (κ2) is 8.33. The zero-order valence-electron chi connectivity index (χ0n) is 16.5. The summed E-state index contributed by atoms with van der Waals surface area (Å²) in [7, 11) is 0.629. The minimum absolute atomic E-state index is 0.125. The molecule has 3 rings (SSSR count). The summed E-state index contributed by atoms with van der Waals surface area (Å²) in [5, 5.41) is 0.755. The third-order valence-electron chi connectivity index (χ3n) is 5.35. The zero-order chi connectivity index (χ0) is 19.4. The van der Waals surface area contributed by atoms with E-state index in [1.54, 1.807) is 0 Å². The first-order valence-electron chi connectivity index (χ1n) is 9.45. The summed E-state index contributed by atoms with van der Waals surface area (Å²) >= 11 is 6.04. The van der Waals surface area contributed by atoms with Crippen molar-refractivity contribution in [2.75, 3.05) is 0 Å². The molecule has 138 valence electrons. The lowest BCUT2D eigenvalue weighted by atomic mass is 9.83. The van der Waals surface area contributed by atoms with Crippen molar-refractivity contribution in [3.63, 3.8) is 0 Å². The van der Waals surface area contributed by atoms with Crippen LogP contribution in [-0.2, 0) is 4.65 Å². The third-order valence-corrected chi connectivity index (χ3v) is 5.60. The Hall–Kier alpha value is -2.03. The van der Waals surface area contributed by atoms with Crippen LogP contribution in [-0.4, -0.2) is 13.1 Å². The van der Waals surface area contributed by atoms with Crippen molar-refractivity contribution in [3.05, 3.63) is 77.8 Å². The van der Waals surface area contributed by atoms with E-state index >= 15 is 0 Å². The molecule has 0 heterocycles. The molecule has 3 aromatic carbocycles. The molecule has 0 atom stereocenters. The van der Waals surface area contributed by atoms with E-state index in [0.29, 0.717) is 13.4 Å². The number of hydrogen-bond donors (Lipinski definition) is 0. The zero-order valence-corrected chi connectivity index (χ0v) is 17.3. The fourth-order valence-electron chi connectivity index (χ4n) is 2.83. The van der Waals surface area contributed by atoms with Crippen molar-refractivity contribution in [1.29, 1.82) is 0 Å². The summed E-state index contributed by atoms with van der Waals surface area (Å²) in [5.74, 6) is 0.475. The predicted octanol–water partition coefficient (Wildman–Crippen LogP) is 6.10. The molecule has 0 aliphatic carbocycles. The van der Waals surface area contributed by atoms with E-state index in [0.717, 1.165) is 5.02 Å². The largest absolute Gasteiger partial charge is 0.429 e. The van der Waals surface area contributed by atoms with Gasteiger partial charge in [0.25, 0.3) is 0 Å². The summed E-state index contributed by atoms with van der Waals surface area (Å²) in [4.78, 5) is 0. The summed E-state index contributed by atoms with van der Waals surface area (Å²) in [5.41, 5.74) is 5.86. The molecule has 3 heteroatoms. The molecular formula is C24H26BClO. The maximum Gasteiger partial charge on any atom is 0.309 e. The molecule has 0 aliphatic heterocycles. The summed E-state index contributed by atoms with van der Waals surface area (Å²) < 4.78 is 6.11. The lowest BCUT2D eigenvalue weighted by molar-refractivity contribution is 0.0668. The van der Waals surface area contributed by atoms with Gasteiger partial charge in [0.2, 0.25) is 0 Å². The van der Waals surface area contributed by atoms with Gasteiger partial charge in [0.05, 0.1) is 0 Å². The Morgan fingerprint density at radius 2 is 1.26 bits per heavy atom. The summed E-state index contributed by atoms with van der Waals surface area (Å²) in [6, 6.07) is 25.1. The van der Waals surface area contributed by atoms with Gasteiger partial charge in [-0.1, -0.05) is 91.6 Å². The van der Waals surface area contributed by atoms with Crippen LogP contribution < -0.4 is 5.46 Å². The first kappa shape index (κ1) is 19.7. The van der Waals surface area contributed by atoms with E-state index in [2.05, 4.69) is 88.4 Å². The normalized spacial score (nSPS) is 11.6. The van der Waals surface area contributed by atoms with Gasteiger partial charge in [-0.25, -0.2) is 0 Å². The Morgan fingerprint density at radius 3 is 1.74 bits per heavy atom. The van der Waals surface area contributed by atoms with Crippen LogP contribution >= 0.6 is 11.6 Å². The van der Waals surface area contributed by atoms with Crippen LogP contribution in [0.2, 0.25) is 5.02 Å². The highest BCUT2D eigenvalue weighted by Gasteiger charge is 2.22. The molecule has 0 radical (unpaired) electrons. The van der Waals surface area contributed by atoms with Gasteiger partial charge in [-0.2, -0.15) is 0 Å². The molecule has 0 saturated heterocycles. The molecule has 3 aromatic rings. The Morgan fingerprint density at radius 1 is 0.778 bits per heavy atom. The van der Waals surface area contributed by atoms with Crippen LogP contribution in [0.4, 0.5) is 0 Å². The van der Waals surface area contributed by atoms with Gasteiger partial charge >= 0.3 is 7.48 Å². The van der Waals surface area contributed by atoms with Crippen molar-refractivity contribution in [3.8, 4) is 22.3 Å². The second-order valence-electron chi connectivity index (χ2n) is 7.80. The number of rotatable bonds is 6. The van der Waals surface area contributed by atoms with E-state index in [-0.39, 0.29) is 5.60 Å².